The van der Waals surface area contributed by atoms with Gasteiger partial charge in [-0.05, 0) is 57.2 Å². The highest BCUT2D eigenvalue weighted by molar-refractivity contribution is 7.98. The number of benzene rings is 1. The molecule has 0 saturated heterocycles. The molecule has 0 spiro atoms. The summed E-state index contributed by atoms with van der Waals surface area (Å²) in [5.41, 5.74) is 0.984. The van der Waals surface area contributed by atoms with Crippen molar-refractivity contribution >= 4 is 25.2 Å². The van der Waals surface area contributed by atoms with Crippen molar-refractivity contribution in [2.75, 3.05) is 10.9 Å². The van der Waals surface area contributed by atoms with Gasteiger partial charge in [0.2, 0.25) is 0 Å². The van der Waals surface area contributed by atoms with Gasteiger partial charge in [-0.3, -0.25) is 4.67 Å². The van der Waals surface area contributed by atoms with E-state index in [0.717, 1.165) is 10.5 Å². The van der Waals surface area contributed by atoms with Crippen molar-refractivity contribution in [3.05, 3.63) is 23.8 Å². The molecular weight excluding hydrogens is 281 g/mol. The molecule has 0 bridgehead atoms. The fraction of sp³-hybridized carbons (Fsp3) is 0.538. The molecule has 2 N–H and O–H groups in total. The molecule has 1 aromatic rings. The van der Waals surface area contributed by atoms with Crippen molar-refractivity contribution in [2.24, 2.45) is 0 Å². The maximum Gasteiger partial charge on any atom is 0.430 e. The summed E-state index contributed by atoms with van der Waals surface area (Å²) in [6.45, 7) is 7.55. The molecule has 0 heterocycles. The topological polar surface area (TPSA) is 60.8 Å². The Kier molecular flexibility index (Phi) is 5.13. The van der Waals surface area contributed by atoms with E-state index in [9.17, 15) is 14.4 Å². The van der Waals surface area contributed by atoms with Crippen LogP contribution in [0.2, 0.25) is 0 Å². The van der Waals surface area contributed by atoms with E-state index in [1.807, 2.05) is 46.1 Å². The van der Waals surface area contributed by atoms with Crippen molar-refractivity contribution in [2.45, 2.75) is 44.6 Å². The highest BCUT2D eigenvalue weighted by Gasteiger charge is 2.37. The predicted molar refractivity (Wildman–Crippen MR) is 81.9 cm³/mol. The number of aryl methyl sites for hydroxylation is 1. The third kappa shape index (κ3) is 3.76. The quantitative estimate of drug-likeness (QED) is 0.640. The summed E-state index contributed by atoms with van der Waals surface area (Å²) >= 11 is 1.62. The summed E-state index contributed by atoms with van der Waals surface area (Å²) in [6, 6.07) is 5.52. The molecule has 1 rings (SSSR count). The minimum Gasteiger partial charge on any atom is -0.308 e. The van der Waals surface area contributed by atoms with E-state index in [4.69, 9.17) is 0 Å². The summed E-state index contributed by atoms with van der Waals surface area (Å²) in [6.07, 6.45) is 2.63. The van der Waals surface area contributed by atoms with Crippen molar-refractivity contribution in [1.29, 1.82) is 0 Å². The van der Waals surface area contributed by atoms with Gasteiger partial charge in [0.1, 0.15) is 0 Å². The van der Waals surface area contributed by atoms with Crippen molar-refractivity contribution in [3.8, 4) is 0 Å². The summed E-state index contributed by atoms with van der Waals surface area (Å²) in [4.78, 5) is 20.4. The fourth-order valence-corrected chi connectivity index (χ4v) is 3.85. The summed E-state index contributed by atoms with van der Waals surface area (Å²) in [5.74, 6) is 0. The Morgan fingerprint density at radius 2 is 1.95 bits per heavy atom. The Morgan fingerprint density at radius 1 is 1.37 bits per heavy atom. The standard InChI is InChI=1S/C13H22NO3PS/c1-6-13(3,4)14(18(15,16)17)11-7-8-12(19-5)10(2)9-11/h7-9H,6H2,1-5H3,(H2,15,16,17). The Morgan fingerprint density at radius 3 is 2.32 bits per heavy atom. The monoisotopic (exact) mass is 303 g/mol. The van der Waals surface area contributed by atoms with Gasteiger partial charge < -0.3 is 9.79 Å². The van der Waals surface area contributed by atoms with Crippen LogP contribution in [0.25, 0.3) is 0 Å². The fourth-order valence-electron chi connectivity index (χ4n) is 2.00. The van der Waals surface area contributed by atoms with Crippen LogP contribution < -0.4 is 4.67 Å². The van der Waals surface area contributed by atoms with Gasteiger partial charge in [-0.15, -0.1) is 11.8 Å². The molecule has 1 aromatic carbocycles. The van der Waals surface area contributed by atoms with Crippen LogP contribution in [0, 0.1) is 6.92 Å². The Labute approximate surface area is 119 Å². The van der Waals surface area contributed by atoms with Crippen LogP contribution in [-0.2, 0) is 4.57 Å². The first-order valence-corrected chi connectivity index (χ1v) is 8.93. The molecule has 108 valence electrons. The lowest BCUT2D eigenvalue weighted by molar-refractivity contribution is 0.345. The molecule has 0 amide bonds. The van der Waals surface area contributed by atoms with Crippen LogP contribution in [0.5, 0.6) is 0 Å². The van der Waals surface area contributed by atoms with Gasteiger partial charge in [0.15, 0.2) is 0 Å². The SMILES string of the molecule is CCC(C)(C)N(c1ccc(SC)c(C)c1)P(=O)(O)O. The molecule has 0 atom stereocenters. The van der Waals surface area contributed by atoms with E-state index < -0.39 is 13.3 Å². The lowest BCUT2D eigenvalue weighted by Gasteiger charge is -2.39. The van der Waals surface area contributed by atoms with E-state index in [1.165, 1.54) is 4.67 Å². The van der Waals surface area contributed by atoms with Gasteiger partial charge in [-0.2, -0.15) is 0 Å². The molecule has 0 radical (unpaired) electrons. The first-order chi connectivity index (χ1) is 8.63. The van der Waals surface area contributed by atoms with Gasteiger partial charge in [0.25, 0.3) is 0 Å². The number of thioether (sulfide) groups is 1. The zero-order valence-electron chi connectivity index (χ0n) is 12.0. The first kappa shape index (κ1) is 16.6. The van der Waals surface area contributed by atoms with E-state index >= 15 is 0 Å². The summed E-state index contributed by atoms with van der Waals surface area (Å²) in [5, 5.41) is 0. The second-order valence-corrected chi connectivity index (χ2v) is 7.42. The van der Waals surface area contributed by atoms with Crippen molar-refractivity contribution in [1.82, 2.24) is 0 Å². The zero-order chi connectivity index (χ0) is 14.8. The maximum atomic E-state index is 11.8. The number of anilines is 1. The van der Waals surface area contributed by atoms with E-state index in [1.54, 1.807) is 17.8 Å². The van der Waals surface area contributed by atoms with E-state index in [-0.39, 0.29) is 0 Å². The molecule has 0 aliphatic rings. The van der Waals surface area contributed by atoms with Gasteiger partial charge >= 0.3 is 7.75 Å². The van der Waals surface area contributed by atoms with Crippen LogP contribution in [0.1, 0.15) is 32.8 Å². The van der Waals surface area contributed by atoms with Gasteiger partial charge in [-0.1, -0.05) is 6.92 Å². The second-order valence-electron chi connectivity index (χ2n) is 5.14. The Bertz CT molecular complexity index is 499. The van der Waals surface area contributed by atoms with E-state index in [2.05, 4.69) is 0 Å². The highest BCUT2D eigenvalue weighted by Crippen LogP contribution is 2.50. The zero-order valence-corrected chi connectivity index (χ0v) is 13.8. The molecule has 0 aliphatic carbocycles. The van der Waals surface area contributed by atoms with Gasteiger partial charge in [0, 0.05) is 16.1 Å². The highest BCUT2D eigenvalue weighted by atomic mass is 32.2. The number of nitrogens with zero attached hydrogens (tertiary/aromatic N) is 1. The maximum absolute atomic E-state index is 11.8. The van der Waals surface area contributed by atoms with E-state index in [0.29, 0.717) is 12.1 Å². The average Bonchev–Trinajstić information content (AvgIpc) is 2.27. The smallest absolute Gasteiger partial charge is 0.308 e. The summed E-state index contributed by atoms with van der Waals surface area (Å²) < 4.78 is 13.0. The van der Waals surface area contributed by atoms with Crippen LogP contribution in [0.15, 0.2) is 23.1 Å². The third-order valence-electron chi connectivity index (χ3n) is 3.32. The van der Waals surface area contributed by atoms with Gasteiger partial charge in [0.05, 0.1) is 0 Å². The molecule has 0 unspecified atom stereocenters. The molecule has 4 nitrogen and oxygen atoms in total. The van der Waals surface area contributed by atoms with Crippen LogP contribution in [-0.4, -0.2) is 21.6 Å². The number of hydrogen-bond donors (Lipinski definition) is 2. The van der Waals surface area contributed by atoms with Gasteiger partial charge in [-0.25, -0.2) is 4.57 Å². The Balaban J connectivity index is 3.35. The second kappa shape index (κ2) is 5.88. The average molecular weight is 303 g/mol. The van der Waals surface area contributed by atoms with Crippen molar-refractivity contribution in [3.63, 3.8) is 0 Å². The van der Waals surface area contributed by atoms with Crippen LogP contribution >= 0.6 is 19.5 Å². The van der Waals surface area contributed by atoms with Crippen LogP contribution in [0.4, 0.5) is 5.69 Å². The van der Waals surface area contributed by atoms with Crippen molar-refractivity contribution < 1.29 is 14.4 Å². The molecule has 6 heteroatoms. The molecule has 0 aliphatic heterocycles. The normalized spacial score (nSPS) is 12.6. The lowest BCUT2D eigenvalue weighted by atomic mass is 10.0. The Hall–Kier alpha value is -0.480. The number of rotatable bonds is 5. The number of hydrogen-bond acceptors (Lipinski definition) is 2. The molecule has 0 fully saturated rings. The first-order valence-electron chi connectivity index (χ1n) is 6.14. The predicted octanol–water partition coefficient (Wildman–Crippen LogP) is 3.80. The summed E-state index contributed by atoms with van der Waals surface area (Å²) in [7, 11) is -4.35. The molecule has 0 aromatic heterocycles. The lowest BCUT2D eigenvalue weighted by Crippen LogP contribution is -2.41. The largest absolute Gasteiger partial charge is 0.430 e. The molecule has 0 saturated carbocycles. The molecular formula is C13H22NO3PS. The molecule has 19 heavy (non-hydrogen) atoms. The third-order valence-corrected chi connectivity index (χ3v) is 5.51. The minimum absolute atomic E-state index is 0.565. The minimum atomic E-state index is -4.35. The van der Waals surface area contributed by atoms with Crippen LogP contribution in [0.3, 0.4) is 0 Å².